The molecular formula is C31H50N2O11. The van der Waals surface area contributed by atoms with Gasteiger partial charge in [0.2, 0.25) is 5.79 Å². The third-order valence-corrected chi connectivity index (χ3v) is 9.21. The van der Waals surface area contributed by atoms with E-state index in [-0.39, 0.29) is 50.5 Å². The van der Waals surface area contributed by atoms with E-state index in [1.54, 1.807) is 14.2 Å². The molecule has 2 saturated heterocycles. The van der Waals surface area contributed by atoms with Crippen LogP contribution < -0.4 is 5.32 Å². The second-order valence-electron chi connectivity index (χ2n) is 12.5. The van der Waals surface area contributed by atoms with E-state index in [1.807, 2.05) is 27.7 Å². The van der Waals surface area contributed by atoms with Crippen molar-refractivity contribution in [2.24, 2.45) is 11.3 Å². The van der Waals surface area contributed by atoms with Crippen LogP contribution in [0.1, 0.15) is 53.4 Å². The summed E-state index contributed by atoms with van der Waals surface area (Å²) in [7, 11) is 4.50. The molecule has 250 valence electrons. The normalized spacial score (nSPS) is 32.5. The van der Waals surface area contributed by atoms with Gasteiger partial charge in [-0.25, -0.2) is 0 Å². The maximum atomic E-state index is 13.6. The van der Waals surface area contributed by atoms with Gasteiger partial charge in [0.25, 0.3) is 17.7 Å². The first-order valence-corrected chi connectivity index (χ1v) is 15.1. The molecule has 0 bridgehead atoms. The topological polar surface area (TPSA) is 162 Å². The summed E-state index contributed by atoms with van der Waals surface area (Å²) in [5, 5.41) is 25.2. The Labute approximate surface area is 259 Å². The van der Waals surface area contributed by atoms with Gasteiger partial charge in [-0.05, 0) is 13.3 Å². The number of methoxy groups -OCH3 is 3. The van der Waals surface area contributed by atoms with Crippen molar-refractivity contribution in [3.63, 3.8) is 0 Å². The zero-order chi connectivity index (χ0) is 32.8. The fourth-order valence-corrected chi connectivity index (χ4v) is 5.80. The average Bonchev–Trinajstić information content (AvgIpc) is 3.30. The molecule has 9 atom stereocenters. The number of ether oxygens (including phenoxy) is 6. The van der Waals surface area contributed by atoms with Crippen LogP contribution in [0.25, 0.3) is 0 Å². The molecule has 0 saturated carbocycles. The molecule has 0 aromatic heterocycles. The number of carbonyl (C=O) groups excluding carboxylic acids is 3. The molecule has 0 radical (unpaired) electrons. The second kappa shape index (κ2) is 15.4. The van der Waals surface area contributed by atoms with Crippen molar-refractivity contribution in [2.75, 3.05) is 41.1 Å². The molecule has 44 heavy (non-hydrogen) atoms. The summed E-state index contributed by atoms with van der Waals surface area (Å²) in [5.74, 6) is -3.30. The number of nitrogens with zero attached hydrogens (tertiary/aromatic N) is 1. The number of carbonyl (C=O) groups is 3. The molecule has 13 heteroatoms. The van der Waals surface area contributed by atoms with Gasteiger partial charge in [0.15, 0.2) is 12.3 Å². The number of nitrogens with one attached hydrogen (secondary N) is 1. The van der Waals surface area contributed by atoms with E-state index in [9.17, 15) is 24.6 Å². The Morgan fingerprint density at radius 1 is 1.20 bits per heavy atom. The highest BCUT2D eigenvalue weighted by Crippen LogP contribution is 2.41. The molecule has 3 aliphatic heterocycles. The maximum absolute atomic E-state index is 13.6. The predicted molar refractivity (Wildman–Crippen MR) is 158 cm³/mol. The summed E-state index contributed by atoms with van der Waals surface area (Å²) in [6.45, 7) is 12.1. The Balaban J connectivity index is 1.80. The van der Waals surface area contributed by atoms with Crippen LogP contribution in [0.4, 0.5) is 0 Å². The Morgan fingerprint density at radius 2 is 1.86 bits per heavy atom. The molecule has 0 aromatic carbocycles. The average molecular weight is 627 g/mol. The first kappa shape index (κ1) is 36.2. The molecule has 3 amide bonds. The highest BCUT2D eigenvalue weighted by Gasteiger charge is 2.51. The quantitative estimate of drug-likeness (QED) is 0.103. The number of aliphatic hydroxyl groups excluding tert-OH is 2. The SMILES string of the molecule is C=C1C[C@](OC)([C@H](O)C(=O)N[C@@H](OCCCN2C(=O)C=CC2=O)[C@@H]2C[C@@H](O)C(C)(C)[C@@H](C[C@@H](COC)OC)O2)O[C@H](C)[C@@H]1C. The van der Waals surface area contributed by atoms with Crippen LogP contribution in [0.3, 0.4) is 0 Å². The minimum absolute atomic E-state index is 0.000590. The number of aliphatic hydroxyl groups is 2. The molecule has 2 fully saturated rings. The van der Waals surface area contributed by atoms with Crippen molar-refractivity contribution < 1.29 is 53.0 Å². The van der Waals surface area contributed by atoms with Crippen LogP contribution in [0.5, 0.6) is 0 Å². The summed E-state index contributed by atoms with van der Waals surface area (Å²) in [4.78, 5) is 38.6. The summed E-state index contributed by atoms with van der Waals surface area (Å²) >= 11 is 0. The summed E-state index contributed by atoms with van der Waals surface area (Å²) in [6.07, 6.45) is -2.38. The fraction of sp³-hybridized carbons (Fsp3) is 0.774. The molecule has 3 heterocycles. The van der Waals surface area contributed by atoms with Crippen molar-refractivity contribution >= 4 is 17.7 Å². The van der Waals surface area contributed by atoms with E-state index >= 15 is 0 Å². The summed E-state index contributed by atoms with van der Waals surface area (Å²) in [5.41, 5.74) is 0.111. The van der Waals surface area contributed by atoms with E-state index in [0.29, 0.717) is 13.0 Å². The van der Waals surface area contributed by atoms with E-state index in [4.69, 9.17) is 28.4 Å². The van der Waals surface area contributed by atoms with Crippen molar-refractivity contribution in [3.05, 3.63) is 24.3 Å². The highest BCUT2D eigenvalue weighted by molar-refractivity contribution is 6.12. The monoisotopic (exact) mass is 626 g/mol. The molecule has 3 N–H and O–H groups in total. The minimum atomic E-state index is -1.75. The van der Waals surface area contributed by atoms with Gasteiger partial charge in [-0.3, -0.25) is 19.3 Å². The third-order valence-electron chi connectivity index (χ3n) is 9.21. The number of hydrogen-bond donors (Lipinski definition) is 3. The maximum Gasteiger partial charge on any atom is 0.256 e. The van der Waals surface area contributed by atoms with Crippen molar-refractivity contribution in [2.45, 2.75) is 102 Å². The number of hydrogen-bond acceptors (Lipinski definition) is 11. The number of imide groups is 1. The molecule has 0 aliphatic carbocycles. The lowest BCUT2D eigenvalue weighted by molar-refractivity contribution is -0.298. The van der Waals surface area contributed by atoms with Gasteiger partial charge >= 0.3 is 0 Å². The first-order chi connectivity index (χ1) is 20.7. The fourth-order valence-electron chi connectivity index (χ4n) is 5.80. The van der Waals surface area contributed by atoms with Gasteiger partial charge in [-0.1, -0.05) is 32.9 Å². The Bertz CT molecular complexity index is 1050. The van der Waals surface area contributed by atoms with E-state index in [1.165, 1.54) is 19.3 Å². The van der Waals surface area contributed by atoms with Gasteiger partial charge in [-0.2, -0.15) is 0 Å². The molecule has 3 rings (SSSR count). The second-order valence-corrected chi connectivity index (χ2v) is 12.5. The summed E-state index contributed by atoms with van der Waals surface area (Å²) in [6, 6.07) is 0. The number of amides is 3. The summed E-state index contributed by atoms with van der Waals surface area (Å²) < 4.78 is 35.0. The van der Waals surface area contributed by atoms with E-state index in [0.717, 1.165) is 10.5 Å². The minimum Gasteiger partial charge on any atom is -0.392 e. The third kappa shape index (κ3) is 8.13. The van der Waals surface area contributed by atoms with Crippen LogP contribution in [-0.4, -0.2) is 123 Å². The van der Waals surface area contributed by atoms with Gasteiger partial charge in [0, 0.05) is 70.6 Å². The Morgan fingerprint density at radius 3 is 2.43 bits per heavy atom. The number of rotatable bonds is 15. The van der Waals surface area contributed by atoms with Crippen LogP contribution >= 0.6 is 0 Å². The first-order valence-electron chi connectivity index (χ1n) is 15.1. The largest absolute Gasteiger partial charge is 0.392 e. The lowest BCUT2D eigenvalue weighted by Gasteiger charge is -2.48. The van der Waals surface area contributed by atoms with Gasteiger partial charge in [0.05, 0.1) is 37.6 Å². The van der Waals surface area contributed by atoms with Crippen LogP contribution in [0.2, 0.25) is 0 Å². The van der Waals surface area contributed by atoms with E-state index < -0.39 is 59.6 Å². The smallest absolute Gasteiger partial charge is 0.256 e. The molecule has 0 unspecified atom stereocenters. The van der Waals surface area contributed by atoms with Crippen LogP contribution in [-0.2, 0) is 42.8 Å². The molecule has 0 spiro atoms. The Hall–Kier alpha value is -2.23. The van der Waals surface area contributed by atoms with Crippen LogP contribution in [0, 0.1) is 11.3 Å². The van der Waals surface area contributed by atoms with Crippen molar-refractivity contribution in [1.29, 1.82) is 0 Å². The predicted octanol–water partition coefficient (Wildman–Crippen LogP) is 1.06. The zero-order valence-corrected chi connectivity index (χ0v) is 26.9. The van der Waals surface area contributed by atoms with Crippen molar-refractivity contribution in [3.8, 4) is 0 Å². The highest BCUT2D eigenvalue weighted by atomic mass is 16.7. The molecule has 13 nitrogen and oxygen atoms in total. The van der Waals surface area contributed by atoms with Gasteiger partial charge < -0.3 is 44.0 Å². The van der Waals surface area contributed by atoms with Gasteiger partial charge in [-0.15, -0.1) is 0 Å². The Kier molecular flexibility index (Phi) is 12.7. The van der Waals surface area contributed by atoms with Gasteiger partial charge in [0.1, 0.15) is 6.10 Å². The molecular weight excluding hydrogens is 576 g/mol. The standard InChI is InChI=1S/C31H50N2O11/c1-18-16-31(41-8,44-20(3)19(18)2)27(37)28(38)32-29(42-13-9-12-33-25(35)10-11-26(33)36)22-15-23(34)30(4,5)24(43-22)14-21(40-7)17-39-6/h10-11,19-24,27,29,34,37H,1,9,12-17H2,2-8H3,(H,32,38)/t19-,20-,21+,22+,23-,24-,27-,29+,31-/m1/s1. The lowest BCUT2D eigenvalue weighted by Crippen LogP contribution is -2.62. The van der Waals surface area contributed by atoms with Crippen LogP contribution in [0.15, 0.2) is 24.3 Å². The lowest BCUT2D eigenvalue weighted by atomic mass is 9.74. The molecule has 0 aromatic rings. The molecule has 3 aliphatic rings. The van der Waals surface area contributed by atoms with Crippen molar-refractivity contribution in [1.82, 2.24) is 10.2 Å². The zero-order valence-electron chi connectivity index (χ0n) is 26.9. The van der Waals surface area contributed by atoms with E-state index in [2.05, 4.69) is 11.9 Å².